The highest BCUT2D eigenvalue weighted by molar-refractivity contribution is 5.36. The molecule has 2 nitrogen and oxygen atoms in total. The van der Waals surface area contributed by atoms with Crippen molar-refractivity contribution in [2.45, 2.75) is 39.0 Å². The zero-order valence-electron chi connectivity index (χ0n) is 11.4. The fraction of sp³-hybridized carbons (Fsp3) is 0.562. The van der Waals surface area contributed by atoms with Crippen LogP contribution < -0.4 is 0 Å². The van der Waals surface area contributed by atoms with Crippen LogP contribution in [0.2, 0.25) is 0 Å². The summed E-state index contributed by atoms with van der Waals surface area (Å²) in [6, 6.07) is 8.90. The molecule has 1 fully saturated rings. The van der Waals surface area contributed by atoms with Crippen LogP contribution in [0.3, 0.4) is 0 Å². The Morgan fingerprint density at radius 1 is 1.22 bits per heavy atom. The van der Waals surface area contributed by atoms with Gasteiger partial charge in [0.2, 0.25) is 0 Å². The Morgan fingerprint density at radius 2 is 1.94 bits per heavy atom. The molecule has 1 aliphatic heterocycles. The minimum absolute atomic E-state index is 0.0173. The lowest BCUT2D eigenvalue weighted by molar-refractivity contribution is 0.225. The number of likely N-dealkylation sites (tertiary alicyclic amines) is 1. The van der Waals surface area contributed by atoms with Crippen LogP contribution in [0.4, 0.5) is 0 Å². The second-order valence-electron chi connectivity index (χ2n) is 5.40. The molecule has 0 N–H and O–H groups in total. The summed E-state index contributed by atoms with van der Waals surface area (Å²) in [5.41, 5.74) is 3.72. The SMILES string of the molecule is Cc1ccc(C(C#N)CN2CCCCC2)c(C)c1. The molecule has 1 aromatic rings. The maximum absolute atomic E-state index is 9.43. The Balaban J connectivity index is 2.10. The van der Waals surface area contributed by atoms with Crippen LogP contribution in [-0.4, -0.2) is 24.5 Å². The third-order valence-electron chi connectivity index (χ3n) is 3.85. The fourth-order valence-corrected chi connectivity index (χ4v) is 2.83. The van der Waals surface area contributed by atoms with Crippen LogP contribution in [0, 0.1) is 25.2 Å². The van der Waals surface area contributed by atoms with Gasteiger partial charge in [0.05, 0.1) is 12.0 Å². The predicted molar refractivity (Wildman–Crippen MR) is 74.6 cm³/mol. The van der Waals surface area contributed by atoms with Crippen LogP contribution >= 0.6 is 0 Å². The van der Waals surface area contributed by atoms with Crippen molar-refractivity contribution >= 4 is 0 Å². The Labute approximate surface area is 110 Å². The van der Waals surface area contributed by atoms with Crippen molar-refractivity contribution in [3.05, 3.63) is 34.9 Å². The maximum atomic E-state index is 9.43. The zero-order chi connectivity index (χ0) is 13.0. The first-order valence-electron chi connectivity index (χ1n) is 6.90. The zero-order valence-corrected chi connectivity index (χ0v) is 11.4. The summed E-state index contributed by atoms with van der Waals surface area (Å²) in [7, 11) is 0. The molecule has 1 unspecified atom stereocenters. The molecule has 1 heterocycles. The molecule has 0 spiro atoms. The van der Waals surface area contributed by atoms with E-state index in [0.717, 1.165) is 19.6 Å². The van der Waals surface area contributed by atoms with Gasteiger partial charge >= 0.3 is 0 Å². The summed E-state index contributed by atoms with van der Waals surface area (Å²) in [6.07, 6.45) is 3.91. The Morgan fingerprint density at radius 3 is 2.56 bits per heavy atom. The first kappa shape index (κ1) is 13.1. The summed E-state index contributed by atoms with van der Waals surface area (Å²) >= 11 is 0. The van der Waals surface area contributed by atoms with E-state index in [1.165, 1.54) is 36.0 Å². The highest BCUT2D eigenvalue weighted by Gasteiger charge is 2.18. The average Bonchev–Trinajstić information content (AvgIpc) is 2.38. The van der Waals surface area contributed by atoms with E-state index in [1.807, 2.05) is 0 Å². The van der Waals surface area contributed by atoms with Crippen molar-refractivity contribution in [2.24, 2.45) is 0 Å². The van der Waals surface area contributed by atoms with Crippen molar-refractivity contribution < 1.29 is 0 Å². The monoisotopic (exact) mass is 242 g/mol. The van der Waals surface area contributed by atoms with E-state index in [4.69, 9.17) is 0 Å². The molecule has 1 atom stereocenters. The second kappa shape index (κ2) is 6.02. The molecule has 0 saturated carbocycles. The summed E-state index contributed by atoms with van der Waals surface area (Å²) in [5.74, 6) is 0.0173. The largest absolute Gasteiger partial charge is 0.302 e. The quantitative estimate of drug-likeness (QED) is 0.812. The molecule has 0 bridgehead atoms. The Kier molecular flexibility index (Phi) is 4.38. The normalized spacial score (nSPS) is 18.3. The number of benzene rings is 1. The van der Waals surface area contributed by atoms with E-state index in [9.17, 15) is 5.26 Å². The third kappa shape index (κ3) is 3.11. The molecule has 1 saturated heterocycles. The first-order valence-corrected chi connectivity index (χ1v) is 6.90. The van der Waals surface area contributed by atoms with E-state index < -0.39 is 0 Å². The molecule has 18 heavy (non-hydrogen) atoms. The van der Waals surface area contributed by atoms with Crippen molar-refractivity contribution in [1.82, 2.24) is 4.90 Å². The van der Waals surface area contributed by atoms with Crippen LogP contribution in [-0.2, 0) is 0 Å². The van der Waals surface area contributed by atoms with E-state index in [1.54, 1.807) is 0 Å². The number of piperidine rings is 1. The van der Waals surface area contributed by atoms with Gasteiger partial charge < -0.3 is 4.90 Å². The number of rotatable bonds is 3. The Bertz CT molecular complexity index is 439. The minimum Gasteiger partial charge on any atom is -0.302 e. The second-order valence-corrected chi connectivity index (χ2v) is 5.40. The van der Waals surface area contributed by atoms with Crippen molar-refractivity contribution in [1.29, 1.82) is 5.26 Å². The van der Waals surface area contributed by atoms with Gasteiger partial charge in [-0.25, -0.2) is 0 Å². The van der Waals surface area contributed by atoms with Gasteiger partial charge in [-0.15, -0.1) is 0 Å². The van der Waals surface area contributed by atoms with E-state index in [-0.39, 0.29) is 5.92 Å². The third-order valence-corrected chi connectivity index (χ3v) is 3.85. The van der Waals surface area contributed by atoms with E-state index in [0.29, 0.717) is 0 Å². The smallest absolute Gasteiger partial charge is 0.0842 e. The minimum atomic E-state index is 0.0173. The standard InChI is InChI=1S/C16H22N2/c1-13-6-7-16(14(2)10-13)15(11-17)12-18-8-4-3-5-9-18/h6-7,10,15H,3-5,8-9,12H2,1-2H3. The lowest BCUT2D eigenvalue weighted by atomic mass is 9.93. The number of hydrogen-bond donors (Lipinski definition) is 0. The van der Waals surface area contributed by atoms with Crippen LogP contribution in [0.5, 0.6) is 0 Å². The molecular weight excluding hydrogens is 220 g/mol. The summed E-state index contributed by atoms with van der Waals surface area (Å²) in [4.78, 5) is 2.44. The van der Waals surface area contributed by atoms with Crippen LogP contribution in [0.25, 0.3) is 0 Å². The fourth-order valence-electron chi connectivity index (χ4n) is 2.83. The van der Waals surface area contributed by atoms with Gasteiger partial charge in [0.1, 0.15) is 0 Å². The van der Waals surface area contributed by atoms with Gasteiger partial charge in [-0.2, -0.15) is 5.26 Å². The summed E-state index contributed by atoms with van der Waals surface area (Å²) < 4.78 is 0. The van der Waals surface area contributed by atoms with Gasteiger partial charge in [0, 0.05) is 6.54 Å². The molecule has 2 rings (SSSR count). The lowest BCUT2D eigenvalue weighted by Crippen LogP contribution is -2.33. The first-order chi connectivity index (χ1) is 8.70. The van der Waals surface area contributed by atoms with E-state index >= 15 is 0 Å². The summed E-state index contributed by atoms with van der Waals surface area (Å²) in [6.45, 7) is 7.41. The van der Waals surface area contributed by atoms with Crippen molar-refractivity contribution in [3.8, 4) is 6.07 Å². The number of hydrogen-bond acceptors (Lipinski definition) is 2. The average molecular weight is 242 g/mol. The number of aryl methyl sites for hydroxylation is 2. The van der Waals surface area contributed by atoms with Gasteiger partial charge in [-0.1, -0.05) is 30.2 Å². The molecular formula is C16H22N2. The Hall–Kier alpha value is -1.33. The van der Waals surface area contributed by atoms with Crippen LogP contribution in [0.15, 0.2) is 18.2 Å². The molecule has 0 amide bonds. The molecule has 1 aromatic carbocycles. The molecule has 0 aromatic heterocycles. The highest BCUT2D eigenvalue weighted by atomic mass is 15.1. The molecule has 1 aliphatic rings. The number of nitriles is 1. The van der Waals surface area contributed by atoms with E-state index in [2.05, 4.69) is 43.0 Å². The maximum Gasteiger partial charge on any atom is 0.0842 e. The van der Waals surface area contributed by atoms with Crippen LogP contribution in [0.1, 0.15) is 41.9 Å². The summed E-state index contributed by atoms with van der Waals surface area (Å²) in [5, 5.41) is 9.43. The van der Waals surface area contributed by atoms with Gasteiger partial charge in [0.25, 0.3) is 0 Å². The molecule has 0 radical (unpaired) electrons. The lowest BCUT2D eigenvalue weighted by Gasteiger charge is -2.28. The van der Waals surface area contributed by atoms with Crippen molar-refractivity contribution in [3.63, 3.8) is 0 Å². The predicted octanol–water partition coefficient (Wildman–Crippen LogP) is 3.40. The van der Waals surface area contributed by atoms with Gasteiger partial charge in [-0.05, 0) is 50.9 Å². The number of nitrogens with zero attached hydrogens (tertiary/aromatic N) is 2. The van der Waals surface area contributed by atoms with Gasteiger partial charge in [-0.3, -0.25) is 0 Å². The topological polar surface area (TPSA) is 27.0 Å². The molecule has 96 valence electrons. The van der Waals surface area contributed by atoms with Gasteiger partial charge in [0.15, 0.2) is 0 Å². The van der Waals surface area contributed by atoms with Crippen molar-refractivity contribution in [2.75, 3.05) is 19.6 Å². The molecule has 2 heteroatoms. The molecule has 0 aliphatic carbocycles. The highest BCUT2D eigenvalue weighted by Crippen LogP contribution is 2.23.